The van der Waals surface area contributed by atoms with E-state index in [1.807, 2.05) is 0 Å². The van der Waals surface area contributed by atoms with Gasteiger partial charge >= 0.3 is 0 Å². The van der Waals surface area contributed by atoms with E-state index in [1.165, 1.54) is 18.2 Å². The Hall–Kier alpha value is -1.53. The molecule has 0 bridgehead atoms. The van der Waals surface area contributed by atoms with Gasteiger partial charge in [0.15, 0.2) is 0 Å². The maximum atomic E-state index is 12.6. The lowest BCUT2D eigenvalue weighted by molar-refractivity contribution is -0.124. The van der Waals surface area contributed by atoms with Crippen molar-refractivity contribution in [3.05, 3.63) is 29.8 Å². The zero-order valence-electron chi connectivity index (χ0n) is 10.4. The zero-order chi connectivity index (χ0) is 13.9. The van der Waals surface area contributed by atoms with Gasteiger partial charge in [-0.1, -0.05) is 12.1 Å². The summed E-state index contributed by atoms with van der Waals surface area (Å²) in [5.74, 6) is -0.359. The molecule has 0 saturated carbocycles. The lowest BCUT2D eigenvalue weighted by Crippen LogP contribution is -2.54. The summed E-state index contributed by atoms with van der Waals surface area (Å²) < 4.78 is 30.3. The average Bonchev–Trinajstić information content (AvgIpc) is 2.40. The summed E-state index contributed by atoms with van der Waals surface area (Å²) in [6.45, 7) is 0.863. The highest BCUT2D eigenvalue weighted by Gasteiger charge is 2.35. The first-order valence-electron chi connectivity index (χ1n) is 6.07. The maximum Gasteiger partial charge on any atom is 0.263 e. The Kier molecular flexibility index (Phi) is 4.11. The number of carbonyl (C=O) groups excluding carboxylic acids is 1. The molecule has 1 fully saturated rings. The summed E-state index contributed by atoms with van der Waals surface area (Å²) in [5.41, 5.74) is 5.22. The van der Waals surface area contributed by atoms with Crippen molar-refractivity contribution in [3.63, 3.8) is 0 Å². The van der Waals surface area contributed by atoms with Crippen LogP contribution < -0.4 is 11.1 Å². The summed E-state index contributed by atoms with van der Waals surface area (Å²) >= 11 is 0. The third-order valence-electron chi connectivity index (χ3n) is 3.23. The molecule has 1 aromatic rings. The molecule has 1 amide bonds. The van der Waals surface area contributed by atoms with Gasteiger partial charge in [-0.05, 0) is 25.0 Å². The highest BCUT2D eigenvalue weighted by molar-refractivity contribution is 5.98. The van der Waals surface area contributed by atoms with E-state index in [4.69, 9.17) is 10.5 Å². The van der Waals surface area contributed by atoms with Crippen LogP contribution in [0.5, 0.6) is 0 Å². The number of rotatable bonds is 3. The first-order valence-corrected chi connectivity index (χ1v) is 6.07. The number of anilines is 1. The fraction of sp³-hybridized carbons (Fsp3) is 0.462. The molecule has 3 N–H and O–H groups in total. The van der Waals surface area contributed by atoms with E-state index in [9.17, 15) is 13.6 Å². The van der Waals surface area contributed by atoms with Gasteiger partial charge in [0.2, 0.25) is 5.91 Å². The van der Waals surface area contributed by atoms with Crippen molar-refractivity contribution in [1.82, 2.24) is 0 Å². The van der Waals surface area contributed by atoms with Crippen molar-refractivity contribution in [1.29, 1.82) is 0 Å². The summed E-state index contributed by atoms with van der Waals surface area (Å²) in [7, 11) is 0. The SMILES string of the molecule is NC1(C(=O)Nc2cccc(C(F)F)c2)CCOCC1. The van der Waals surface area contributed by atoms with Crippen molar-refractivity contribution < 1.29 is 18.3 Å². The number of halogens is 2. The molecular formula is C13H16F2N2O2. The molecule has 4 nitrogen and oxygen atoms in total. The van der Waals surface area contributed by atoms with Gasteiger partial charge in [0.1, 0.15) is 5.54 Å². The average molecular weight is 270 g/mol. The number of alkyl halides is 2. The predicted molar refractivity (Wildman–Crippen MR) is 67.0 cm³/mol. The van der Waals surface area contributed by atoms with Gasteiger partial charge < -0.3 is 15.8 Å². The molecule has 6 heteroatoms. The Morgan fingerprint density at radius 3 is 2.68 bits per heavy atom. The maximum absolute atomic E-state index is 12.6. The first-order chi connectivity index (χ1) is 9.01. The normalized spacial score (nSPS) is 18.3. The minimum Gasteiger partial charge on any atom is -0.381 e. The summed E-state index contributed by atoms with van der Waals surface area (Å²) in [5, 5.41) is 2.59. The van der Waals surface area contributed by atoms with E-state index in [-0.39, 0.29) is 11.5 Å². The van der Waals surface area contributed by atoms with Gasteiger partial charge in [-0.15, -0.1) is 0 Å². The van der Waals surface area contributed by atoms with Gasteiger partial charge in [0.05, 0.1) is 0 Å². The van der Waals surface area contributed by atoms with Gasteiger partial charge in [-0.25, -0.2) is 8.78 Å². The third kappa shape index (κ3) is 3.27. The van der Waals surface area contributed by atoms with Crippen LogP contribution in [0.15, 0.2) is 24.3 Å². The van der Waals surface area contributed by atoms with Crippen molar-refractivity contribution in [2.75, 3.05) is 18.5 Å². The molecule has 1 heterocycles. The van der Waals surface area contributed by atoms with Crippen LogP contribution in [0.1, 0.15) is 24.8 Å². The lowest BCUT2D eigenvalue weighted by Gasteiger charge is -2.31. The largest absolute Gasteiger partial charge is 0.381 e. The number of nitrogens with two attached hydrogens (primary N) is 1. The van der Waals surface area contributed by atoms with Crippen LogP contribution in [-0.4, -0.2) is 24.7 Å². The number of amides is 1. The summed E-state index contributed by atoms with van der Waals surface area (Å²) in [6.07, 6.45) is -1.72. The van der Waals surface area contributed by atoms with Gasteiger partial charge in [0, 0.05) is 24.5 Å². The second kappa shape index (κ2) is 5.63. The fourth-order valence-corrected chi connectivity index (χ4v) is 1.97. The van der Waals surface area contributed by atoms with Crippen LogP contribution >= 0.6 is 0 Å². The zero-order valence-corrected chi connectivity index (χ0v) is 10.4. The smallest absolute Gasteiger partial charge is 0.263 e. The minimum atomic E-state index is -2.56. The van der Waals surface area contributed by atoms with Gasteiger partial charge in [-0.3, -0.25) is 4.79 Å². The molecule has 1 saturated heterocycles. The Morgan fingerprint density at radius 2 is 2.05 bits per heavy atom. The van der Waals surface area contributed by atoms with Crippen molar-refractivity contribution in [2.24, 2.45) is 5.73 Å². The Morgan fingerprint density at radius 1 is 1.37 bits per heavy atom. The second-order valence-corrected chi connectivity index (χ2v) is 4.65. The third-order valence-corrected chi connectivity index (χ3v) is 3.23. The van der Waals surface area contributed by atoms with Crippen molar-refractivity contribution >= 4 is 11.6 Å². The summed E-state index contributed by atoms with van der Waals surface area (Å²) in [6, 6.07) is 5.61. The molecule has 0 aliphatic carbocycles. The topological polar surface area (TPSA) is 64.4 Å². The van der Waals surface area contributed by atoms with Crippen LogP contribution in [0, 0.1) is 0 Å². The molecule has 0 radical (unpaired) electrons. The van der Waals surface area contributed by atoms with Crippen LogP contribution in [0.25, 0.3) is 0 Å². The van der Waals surface area contributed by atoms with E-state index >= 15 is 0 Å². The number of ether oxygens (including phenoxy) is 1. The number of hydrogen-bond donors (Lipinski definition) is 2. The Bertz CT molecular complexity index is 460. The molecule has 1 aliphatic heterocycles. The van der Waals surface area contributed by atoms with Crippen LogP contribution in [0.2, 0.25) is 0 Å². The van der Waals surface area contributed by atoms with Gasteiger partial charge in [0.25, 0.3) is 6.43 Å². The number of benzene rings is 1. The molecule has 1 aliphatic rings. The molecule has 0 spiro atoms. The van der Waals surface area contributed by atoms with Crippen molar-refractivity contribution in [2.45, 2.75) is 24.8 Å². The molecule has 0 unspecified atom stereocenters. The standard InChI is InChI=1S/C13H16F2N2O2/c14-11(15)9-2-1-3-10(8-9)17-12(18)13(16)4-6-19-7-5-13/h1-3,8,11H,4-7,16H2,(H,17,18). The monoisotopic (exact) mass is 270 g/mol. The highest BCUT2D eigenvalue weighted by Crippen LogP contribution is 2.24. The van der Waals surface area contributed by atoms with E-state index in [0.717, 1.165) is 0 Å². The Balaban J connectivity index is 2.08. The number of carbonyl (C=O) groups is 1. The van der Waals surface area contributed by atoms with Crippen LogP contribution in [-0.2, 0) is 9.53 Å². The Labute approximate surface area is 109 Å². The fourth-order valence-electron chi connectivity index (χ4n) is 1.97. The molecule has 104 valence electrons. The quantitative estimate of drug-likeness (QED) is 0.883. The molecular weight excluding hydrogens is 254 g/mol. The molecule has 1 aromatic carbocycles. The van der Waals surface area contributed by atoms with Crippen LogP contribution in [0.4, 0.5) is 14.5 Å². The molecule has 2 rings (SSSR count). The van der Waals surface area contributed by atoms with E-state index in [2.05, 4.69) is 5.32 Å². The molecule has 0 aromatic heterocycles. The van der Waals surface area contributed by atoms with E-state index in [0.29, 0.717) is 31.7 Å². The molecule has 19 heavy (non-hydrogen) atoms. The molecule has 0 atom stereocenters. The summed E-state index contributed by atoms with van der Waals surface area (Å²) in [4.78, 5) is 12.1. The number of hydrogen-bond acceptors (Lipinski definition) is 3. The van der Waals surface area contributed by atoms with E-state index < -0.39 is 12.0 Å². The van der Waals surface area contributed by atoms with Gasteiger partial charge in [-0.2, -0.15) is 0 Å². The second-order valence-electron chi connectivity index (χ2n) is 4.65. The first kappa shape index (κ1) is 13.9. The minimum absolute atomic E-state index is 0.129. The lowest BCUT2D eigenvalue weighted by atomic mass is 9.90. The number of nitrogens with one attached hydrogen (secondary N) is 1. The van der Waals surface area contributed by atoms with Crippen LogP contribution in [0.3, 0.4) is 0 Å². The highest BCUT2D eigenvalue weighted by atomic mass is 19.3. The predicted octanol–water partition coefficient (Wildman–Crippen LogP) is 2.07. The van der Waals surface area contributed by atoms with Crippen molar-refractivity contribution in [3.8, 4) is 0 Å². The van der Waals surface area contributed by atoms with E-state index in [1.54, 1.807) is 6.07 Å².